The number of carboxylic acids is 1. The zero-order valence-corrected chi connectivity index (χ0v) is 10.6. The van der Waals surface area contributed by atoms with Gasteiger partial charge in [-0.3, -0.25) is 0 Å². The largest absolute Gasteiger partial charge is 0.480 e. The van der Waals surface area contributed by atoms with Crippen molar-refractivity contribution >= 4 is 12.1 Å². The molecule has 0 heterocycles. The van der Waals surface area contributed by atoms with E-state index in [9.17, 15) is 9.59 Å². The summed E-state index contributed by atoms with van der Waals surface area (Å²) in [5.74, 6) is -1.06. The Hall–Kier alpha value is -1.26. The molecule has 0 aliphatic carbocycles. The first-order valence-corrected chi connectivity index (χ1v) is 5.35. The summed E-state index contributed by atoms with van der Waals surface area (Å²) in [7, 11) is 0. The number of carboxylic acid groups (broad SMARTS) is 1. The maximum absolute atomic E-state index is 11.5. The molecule has 16 heavy (non-hydrogen) atoms. The fraction of sp³-hybridized carbons (Fsp3) is 0.818. The monoisotopic (exact) mass is 231 g/mol. The molecule has 0 spiro atoms. The van der Waals surface area contributed by atoms with Crippen molar-refractivity contribution in [2.24, 2.45) is 0 Å². The fourth-order valence-electron chi connectivity index (χ4n) is 1.25. The third kappa shape index (κ3) is 5.00. The molecule has 0 radical (unpaired) electrons. The number of hydrogen-bond donors (Lipinski definition) is 2. The van der Waals surface area contributed by atoms with Crippen LogP contribution in [0.3, 0.4) is 0 Å². The van der Waals surface area contributed by atoms with E-state index in [-0.39, 0.29) is 0 Å². The topological polar surface area (TPSA) is 75.6 Å². The summed E-state index contributed by atoms with van der Waals surface area (Å²) < 4.78 is 5.02. The molecule has 1 atom stereocenters. The number of ether oxygens (including phenoxy) is 1. The van der Waals surface area contributed by atoms with E-state index < -0.39 is 23.2 Å². The quantitative estimate of drug-likeness (QED) is 0.777. The average molecular weight is 231 g/mol. The molecule has 5 heteroatoms. The molecule has 0 aromatic carbocycles. The number of carbonyl (C=O) groups is 2. The molecule has 0 bridgehead atoms. The molecular weight excluding hydrogens is 210 g/mol. The lowest BCUT2D eigenvalue weighted by atomic mass is 9.97. The molecule has 0 saturated carbocycles. The molecule has 5 nitrogen and oxygen atoms in total. The maximum atomic E-state index is 11.5. The van der Waals surface area contributed by atoms with Gasteiger partial charge < -0.3 is 15.2 Å². The van der Waals surface area contributed by atoms with E-state index in [0.29, 0.717) is 12.8 Å². The summed E-state index contributed by atoms with van der Waals surface area (Å²) in [5.41, 5.74) is -1.90. The number of carbonyl (C=O) groups excluding carboxylic acids is 1. The summed E-state index contributed by atoms with van der Waals surface area (Å²) in [5, 5.41) is 11.4. The van der Waals surface area contributed by atoms with Crippen molar-refractivity contribution in [3.05, 3.63) is 0 Å². The molecule has 0 aromatic rings. The standard InChI is InChI=1S/C11H21NO4/c1-6-7-11(5,8(13)14)12-9(15)16-10(2,3)4/h6-7H2,1-5H3,(H,12,15)(H,13,14). The number of rotatable bonds is 4. The highest BCUT2D eigenvalue weighted by Gasteiger charge is 2.35. The van der Waals surface area contributed by atoms with E-state index >= 15 is 0 Å². The van der Waals surface area contributed by atoms with Gasteiger partial charge in [-0.15, -0.1) is 0 Å². The first-order chi connectivity index (χ1) is 7.10. The van der Waals surface area contributed by atoms with Crippen LogP contribution in [0.2, 0.25) is 0 Å². The lowest BCUT2D eigenvalue weighted by Gasteiger charge is -2.28. The highest BCUT2D eigenvalue weighted by atomic mass is 16.6. The minimum Gasteiger partial charge on any atom is -0.480 e. The van der Waals surface area contributed by atoms with Gasteiger partial charge in [0.25, 0.3) is 0 Å². The van der Waals surface area contributed by atoms with Gasteiger partial charge in [0.15, 0.2) is 0 Å². The first-order valence-electron chi connectivity index (χ1n) is 5.35. The summed E-state index contributed by atoms with van der Waals surface area (Å²) in [4.78, 5) is 22.5. The van der Waals surface area contributed by atoms with Crippen molar-refractivity contribution in [1.82, 2.24) is 5.32 Å². The second kappa shape index (κ2) is 5.18. The van der Waals surface area contributed by atoms with E-state index in [1.807, 2.05) is 6.92 Å². The summed E-state index contributed by atoms with van der Waals surface area (Å²) >= 11 is 0. The zero-order chi connectivity index (χ0) is 13.0. The van der Waals surface area contributed by atoms with Gasteiger partial charge in [-0.05, 0) is 34.1 Å². The fourth-order valence-corrected chi connectivity index (χ4v) is 1.25. The van der Waals surface area contributed by atoms with E-state index in [0.717, 1.165) is 0 Å². The van der Waals surface area contributed by atoms with Crippen LogP contribution in [0, 0.1) is 0 Å². The van der Waals surface area contributed by atoms with Crippen LogP contribution in [0.1, 0.15) is 47.5 Å². The Kier molecular flexibility index (Phi) is 4.78. The highest BCUT2D eigenvalue weighted by Crippen LogP contribution is 2.14. The van der Waals surface area contributed by atoms with Crippen LogP contribution in [0.25, 0.3) is 0 Å². The van der Waals surface area contributed by atoms with Crippen LogP contribution < -0.4 is 5.32 Å². The van der Waals surface area contributed by atoms with Crippen molar-refractivity contribution in [3.8, 4) is 0 Å². The summed E-state index contributed by atoms with van der Waals surface area (Å²) in [6.45, 7) is 8.51. The predicted molar refractivity (Wildman–Crippen MR) is 60.3 cm³/mol. The number of hydrogen-bond acceptors (Lipinski definition) is 3. The number of aliphatic carboxylic acids is 1. The van der Waals surface area contributed by atoms with E-state index in [4.69, 9.17) is 9.84 Å². The van der Waals surface area contributed by atoms with Gasteiger partial charge in [0, 0.05) is 0 Å². The molecule has 94 valence electrons. The zero-order valence-electron chi connectivity index (χ0n) is 10.6. The van der Waals surface area contributed by atoms with Gasteiger partial charge in [0.05, 0.1) is 0 Å². The normalized spacial score (nSPS) is 15.1. The van der Waals surface area contributed by atoms with Crippen LogP contribution in [0.15, 0.2) is 0 Å². The Morgan fingerprint density at radius 2 is 1.75 bits per heavy atom. The molecule has 0 aliphatic rings. The van der Waals surface area contributed by atoms with Gasteiger partial charge >= 0.3 is 12.1 Å². The number of alkyl carbamates (subject to hydrolysis) is 1. The molecule has 0 fully saturated rings. The summed E-state index contributed by atoms with van der Waals surface area (Å²) in [6, 6.07) is 0. The third-order valence-corrected chi connectivity index (χ3v) is 2.00. The van der Waals surface area contributed by atoms with Crippen LogP contribution in [0.5, 0.6) is 0 Å². The van der Waals surface area contributed by atoms with Crippen LogP contribution in [-0.2, 0) is 9.53 Å². The molecule has 1 amide bonds. The molecule has 0 rings (SSSR count). The third-order valence-electron chi connectivity index (χ3n) is 2.00. The second-order valence-corrected chi connectivity index (χ2v) is 5.01. The Bertz CT molecular complexity index is 270. The first kappa shape index (κ1) is 14.7. The Morgan fingerprint density at radius 3 is 2.06 bits per heavy atom. The van der Waals surface area contributed by atoms with E-state index in [2.05, 4.69) is 5.32 Å². The lowest BCUT2D eigenvalue weighted by Crippen LogP contribution is -2.53. The minimum atomic E-state index is -1.27. The lowest BCUT2D eigenvalue weighted by molar-refractivity contribution is -0.144. The molecule has 0 aliphatic heterocycles. The van der Waals surface area contributed by atoms with Crippen LogP contribution >= 0.6 is 0 Å². The van der Waals surface area contributed by atoms with Gasteiger partial charge in [0.2, 0.25) is 0 Å². The van der Waals surface area contributed by atoms with Crippen molar-refractivity contribution in [1.29, 1.82) is 0 Å². The highest BCUT2D eigenvalue weighted by molar-refractivity contribution is 5.83. The Morgan fingerprint density at radius 1 is 1.25 bits per heavy atom. The smallest absolute Gasteiger partial charge is 0.408 e. The van der Waals surface area contributed by atoms with Gasteiger partial charge in [-0.2, -0.15) is 0 Å². The molecule has 2 N–H and O–H groups in total. The average Bonchev–Trinajstić information content (AvgIpc) is 1.99. The molecule has 0 aromatic heterocycles. The summed E-state index contributed by atoms with van der Waals surface area (Å²) in [6.07, 6.45) is 0.325. The van der Waals surface area contributed by atoms with Gasteiger partial charge in [-0.1, -0.05) is 13.3 Å². The Labute approximate surface area is 96.2 Å². The molecular formula is C11H21NO4. The SMILES string of the molecule is CCCC(C)(NC(=O)OC(C)(C)C)C(=O)O. The maximum Gasteiger partial charge on any atom is 0.408 e. The molecule has 0 saturated heterocycles. The number of nitrogens with one attached hydrogen (secondary N) is 1. The van der Waals surface area contributed by atoms with Crippen molar-refractivity contribution in [3.63, 3.8) is 0 Å². The van der Waals surface area contributed by atoms with E-state index in [1.165, 1.54) is 6.92 Å². The van der Waals surface area contributed by atoms with Crippen LogP contribution in [0.4, 0.5) is 4.79 Å². The second-order valence-electron chi connectivity index (χ2n) is 5.01. The Balaban J connectivity index is 4.53. The van der Waals surface area contributed by atoms with Crippen molar-refractivity contribution in [2.45, 2.75) is 58.6 Å². The predicted octanol–water partition coefficient (Wildman–Crippen LogP) is 2.15. The van der Waals surface area contributed by atoms with E-state index in [1.54, 1.807) is 20.8 Å². The van der Waals surface area contributed by atoms with Crippen molar-refractivity contribution in [2.75, 3.05) is 0 Å². The van der Waals surface area contributed by atoms with Crippen molar-refractivity contribution < 1.29 is 19.4 Å². The van der Waals surface area contributed by atoms with Gasteiger partial charge in [0.1, 0.15) is 11.1 Å². The van der Waals surface area contributed by atoms with Crippen LogP contribution in [-0.4, -0.2) is 28.3 Å². The van der Waals surface area contributed by atoms with Gasteiger partial charge in [-0.25, -0.2) is 9.59 Å². The minimum absolute atomic E-state index is 0.363. The molecule has 1 unspecified atom stereocenters. The number of amides is 1.